The van der Waals surface area contributed by atoms with Crippen LogP contribution in [0.1, 0.15) is 31.4 Å². The first-order valence-electron chi connectivity index (χ1n) is 6.34. The van der Waals surface area contributed by atoms with E-state index in [1.54, 1.807) is 0 Å². The Morgan fingerprint density at radius 2 is 1.82 bits per heavy atom. The molecular formula is C14H22N2O. The van der Waals surface area contributed by atoms with E-state index in [2.05, 4.69) is 36.2 Å². The molecular weight excluding hydrogens is 212 g/mol. The summed E-state index contributed by atoms with van der Waals surface area (Å²) < 4.78 is 5.39. The minimum atomic E-state index is 0.109. The number of hydrogen-bond donors (Lipinski definition) is 1. The SMILES string of the molecule is CC(N)c1ccc(N(C)C2CCOCC2)cc1. The smallest absolute Gasteiger partial charge is 0.0485 e. The van der Waals surface area contributed by atoms with Crippen LogP contribution < -0.4 is 10.6 Å². The summed E-state index contributed by atoms with van der Waals surface area (Å²) in [5, 5.41) is 0. The predicted octanol–water partition coefficient (Wildman–Crippen LogP) is 2.32. The lowest BCUT2D eigenvalue weighted by molar-refractivity contribution is 0.0855. The molecule has 0 aliphatic carbocycles. The quantitative estimate of drug-likeness (QED) is 0.872. The van der Waals surface area contributed by atoms with Crippen LogP contribution in [0.5, 0.6) is 0 Å². The third-order valence-corrected chi connectivity index (χ3v) is 3.56. The van der Waals surface area contributed by atoms with Crippen LogP contribution in [-0.2, 0) is 4.74 Å². The summed E-state index contributed by atoms with van der Waals surface area (Å²) >= 11 is 0. The summed E-state index contributed by atoms with van der Waals surface area (Å²) in [6, 6.07) is 9.27. The minimum Gasteiger partial charge on any atom is -0.381 e. The van der Waals surface area contributed by atoms with Gasteiger partial charge in [0.1, 0.15) is 0 Å². The topological polar surface area (TPSA) is 38.5 Å². The van der Waals surface area contributed by atoms with Gasteiger partial charge in [-0.2, -0.15) is 0 Å². The molecule has 3 heteroatoms. The van der Waals surface area contributed by atoms with Crippen molar-refractivity contribution >= 4 is 5.69 Å². The lowest BCUT2D eigenvalue weighted by atomic mass is 10.1. The van der Waals surface area contributed by atoms with Gasteiger partial charge in [0.25, 0.3) is 0 Å². The molecule has 1 aromatic carbocycles. The largest absolute Gasteiger partial charge is 0.381 e. The summed E-state index contributed by atoms with van der Waals surface area (Å²) in [7, 11) is 2.16. The molecule has 1 fully saturated rings. The molecule has 0 radical (unpaired) electrons. The molecule has 0 spiro atoms. The van der Waals surface area contributed by atoms with Crippen molar-refractivity contribution in [1.29, 1.82) is 0 Å². The van der Waals surface area contributed by atoms with Crippen molar-refractivity contribution in [2.75, 3.05) is 25.2 Å². The molecule has 0 saturated carbocycles. The van der Waals surface area contributed by atoms with Gasteiger partial charge in [0.15, 0.2) is 0 Å². The first-order valence-corrected chi connectivity index (χ1v) is 6.34. The molecule has 1 atom stereocenters. The van der Waals surface area contributed by atoms with Crippen molar-refractivity contribution in [2.45, 2.75) is 31.8 Å². The van der Waals surface area contributed by atoms with Crippen molar-refractivity contribution in [3.8, 4) is 0 Å². The number of hydrogen-bond acceptors (Lipinski definition) is 3. The molecule has 2 N–H and O–H groups in total. The standard InChI is InChI=1S/C14H22N2O/c1-11(15)12-3-5-13(6-4-12)16(2)14-7-9-17-10-8-14/h3-6,11,14H,7-10,15H2,1-2H3. The molecule has 0 amide bonds. The van der Waals surface area contributed by atoms with Gasteiger partial charge in [0.05, 0.1) is 0 Å². The maximum Gasteiger partial charge on any atom is 0.0485 e. The highest BCUT2D eigenvalue weighted by Crippen LogP contribution is 2.22. The molecule has 3 nitrogen and oxygen atoms in total. The lowest BCUT2D eigenvalue weighted by Crippen LogP contribution is -2.36. The zero-order valence-electron chi connectivity index (χ0n) is 10.7. The van der Waals surface area contributed by atoms with Crippen molar-refractivity contribution in [3.05, 3.63) is 29.8 Å². The Labute approximate surface area is 104 Å². The second kappa shape index (κ2) is 5.52. The zero-order chi connectivity index (χ0) is 12.3. The molecule has 1 unspecified atom stereocenters. The van der Waals surface area contributed by atoms with Gasteiger partial charge < -0.3 is 15.4 Å². The fraction of sp³-hybridized carbons (Fsp3) is 0.571. The highest BCUT2D eigenvalue weighted by Gasteiger charge is 2.18. The van der Waals surface area contributed by atoms with Gasteiger partial charge in [0, 0.05) is 38.0 Å². The highest BCUT2D eigenvalue weighted by atomic mass is 16.5. The summed E-state index contributed by atoms with van der Waals surface area (Å²) in [6.45, 7) is 3.77. The Bertz CT molecular complexity index is 342. The molecule has 1 saturated heterocycles. The third kappa shape index (κ3) is 2.99. The number of ether oxygens (including phenoxy) is 1. The molecule has 1 aliphatic rings. The summed E-state index contributed by atoms with van der Waals surface area (Å²) in [5.41, 5.74) is 8.31. The summed E-state index contributed by atoms with van der Waals surface area (Å²) in [6.07, 6.45) is 2.23. The van der Waals surface area contributed by atoms with Crippen molar-refractivity contribution in [1.82, 2.24) is 0 Å². The predicted molar refractivity (Wildman–Crippen MR) is 71.3 cm³/mol. The fourth-order valence-corrected chi connectivity index (χ4v) is 2.30. The van der Waals surface area contributed by atoms with Crippen LogP contribution in [0.4, 0.5) is 5.69 Å². The average molecular weight is 234 g/mol. The van der Waals surface area contributed by atoms with E-state index in [0.717, 1.165) is 26.1 Å². The van der Waals surface area contributed by atoms with Gasteiger partial charge in [-0.15, -0.1) is 0 Å². The van der Waals surface area contributed by atoms with Crippen molar-refractivity contribution in [3.63, 3.8) is 0 Å². The molecule has 1 aliphatic heterocycles. The normalized spacial score (nSPS) is 19.0. The lowest BCUT2D eigenvalue weighted by Gasteiger charge is -2.33. The molecule has 94 valence electrons. The van der Waals surface area contributed by atoms with E-state index in [9.17, 15) is 0 Å². The van der Waals surface area contributed by atoms with Crippen molar-refractivity contribution < 1.29 is 4.74 Å². The second-order valence-electron chi connectivity index (χ2n) is 4.83. The van der Waals surface area contributed by atoms with Crippen LogP contribution >= 0.6 is 0 Å². The number of benzene rings is 1. The van der Waals surface area contributed by atoms with E-state index in [-0.39, 0.29) is 6.04 Å². The number of rotatable bonds is 3. The summed E-state index contributed by atoms with van der Waals surface area (Å²) in [5.74, 6) is 0. The molecule has 2 rings (SSSR count). The Morgan fingerprint density at radius 3 is 2.35 bits per heavy atom. The van der Waals surface area contributed by atoms with Crippen LogP contribution in [0.3, 0.4) is 0 Å². The summed E-state index contributed by atoms with van der Waals surface area (Å²) in [4.78, 5) is 2.35. The Kier molecular flexibility index (Phi) is 4.02. The van der Waals surface area contributed by atoms with E-state index >= 15 is 0 Å². The van der Waals surface area contributed by atoms with Gasteiger partial charge in [-0.3, -0.25) is 0 Å². The first kappa shape index (κ1) is 12.4. The van der Waals surface area contributed by atoms with Gasteiger partial charge in [-0.05, 0) is 37.5 Å². The van der Waals surface area contributed by atoms with E-state index < -0.39 is 0 Å². The second-order valence-corrected chi connectivity index (χ2v) is 4.83. The minimum absolute atomic E-state index is 0.109. The number of nitrogens with zero attached hydrogens (tertiary/aromatic N) is 1. The monoisotopic (exact) mass is 234 g/mol. The maximum absolute atomic E-state index is 5.85. The number of anilines is 1. The Hall–Kier alpha value is -1.06. The van der Waals surface area contributed by atoms with E-state index in [1.165, 1.54) is 11.3 Å². The maximum atomic E-state index is 5.85. The van der Waals surface area contributed by atoms with E-state index in [0.29, 0.717) is 6.04 Å². The molecule has 0 bridgehead atoms. The van der Waals surface area contributed by atoms with E-state index in [1.807, 2.05) is 6.92 Å². The fourth-order valence-electron chi connectivity index (χ4n) is 2.30. The van der Waals surface area contributed by atoms with Crippen LogP contribution in [0.15, 0.2) is 24.3 Å². The zero-order valence-corrected chi connectivity index (χ0v) is 10.7. The van der Waals surface area contributed by atoms with Gasteiger partial charge in [0.2, 0.25) is 0 Å². The highest BCUT2D eigenvalue weighted by molar-refractivity contribution is 5.48. The average Bonchev–Trinajstić information content (AvgIpc) is 2.39. The Balaban J connectivity index is 2.05. The van der Waals surface area contributed by atoms with Gasteiger partial charge >= 0.3 is 0 Å². The number of nitrogens with two attached hydrogens (primary N) is 1. The molecule has 1 heterocycles. The van der Waals surface area contributed by atoms with Crippen LogP contribution in [0.25, 0.3) is 0 Å². The van der Waals surface area contributed by atoms with Crippen molar-refractivity contribution in [2.24, 2.45) is 5.73 Å². The molecule has 0 aromatic heterocycles. The third-order valence-electron chi connectivity index (χ3n) is 3.56. The van der Waals surface area contributed by atoms with Crippen LogP contribution in [0, 0.1) is 0 Å². The van der Waals surface area contributed by atoms with Crippen LogP contribution in [-0.4, -0.2) is 26.3 Å². The van der Waals surface area contributed by atoms with Gasteiger partial charge in [-0.1, -0.05) is 12.1 Å². The van der Waals surface area contributed by atoms with Gasteiger partial charge in [-0.25, -0.2) is 0 Å². The Morgan fingerprint density at radius 1 is 1.24 bits per heavy atom. The molecule has 17 heavy (non-hydrogen) atoms. The van der Waals surface area contributed by atoms with E-state index in [4.69, 9.17) is 10.5 Å². The molecule has 1 aromatic rings. The van der Waals surface area contributed by atoms with Crippen LogP contribution in [0.2, 0.25) is 0 Å². The first-order chi connectivity index (χ1) is 8.18.